The minimum Gasteiger partial charge on any atom is -0.486 e. The highest BCUT2D eigenvalue weighted by Crippen LogP contribution is 2.36. The second kappa shape index (κ2) is 7.56. The van der Waals surface area contributed by atoms with Gasteiger partial charge in [0.15, 0.2) is 11.5 Å². The topological polar surface area (TPSA) is 38.8 Å². The number of nitrogens with zero attached hydrogens (tertiary/aromatic N) is 1. The van der Waals surface area contributed by atoms with Crippen molar-refractivity contribution in [3.8, 4) is 11.5 Å². The molecule has 2 aliphatic rings. The maximum absolute atomic E-state index is 12.7. The van der Waals surface area contributed by atoms with Gasteiger partial charge in [-0.05, 0) is 30.5 Å². The van der Waals surface area contributed by atoms with Crippen LogP contribution in [0.5, 0.6) is 11.5 Å². The fourth-order valence-electron chi connectivity index (χ4n) is 3.38. The lowest BCUT2D eigenvalue weighted by atomic mass is 10.1. The number of hydrogen-bond donors (Lipinski definition) is 0. The molecule has 1 aromatic rings. The Bertz CT molecular complexity index is 568. The van der Waals surface area contributed by atoms with Crippen molar-refractivity contribution in [3.63, 3.8) is 0 Å². The molecular weight excluding hydrogens is 358 g/mol. The highest BCUT2D eigenvalue weighted by atomic mass is 79.9. The number of halogens is 1. The lowest BCUT2D eigenvalue weighted by molar-refractivity contribution is -0.131. The van der Waals surface area contributed by atoms with E-state index in [1.807, 2.05) is 24.1 Å². The van der Waals surface area contributed by atoms with E-state index in [1.165, 1.54) is 25.7 Å². The average molecular weight is 382 g/mol. The number of ether oxygens (including phenoxy) is 2. The summed E-state index contributed by atoms with van der Waals surface area (Å²) < 4.78 is 12.1. The molecule has 1 heterocycles. The molecule has 4 nitrogen and oxygen atoms in total. The second-order valence-electron chi connectivity index (χ2n) is 6.41. The van der Waals surface area contributed by atoms with E-state index in [2.05, 4.69) is 15.9 Å². The Hall–Kier alpha value is -1.23. The first kappa shape index (κ1) is 16.6. The monoisotopic (exact) mass is 381 g/mol. The van der Waals surface area contributed by atoms with Crippen LogP contribution in [0.1, 0.15) is 44.1 Å². The Morgan fingerprint density at radius 3 is 2.39 bits per heavy atom. The van der Waals surface area contributed by atoms with Gasteiger partial charge in [-0.2, -0.15) is 0 Å². The predicted octanol–water partition coefficient (Wildman–Crippen LogP) is 3.94. The summed E-state index contributed by atoms with van der Waals surface area (Å²) in [4.78, 5) is 14.6. The molecule has 1 aliphatic carbocycles. The molecule has 0 radical (unpaired) electrons. The maximum Gasteiger partial charge on any atom is 0.227 e. The summed E-state index contributed by atoms with van der Waals surface area (Å²) >= 11 is 3.56. The Morgan fingerprint density at radius 1 is 1.13 bits per heavy atom. The molecule has 0 aromatic heterocycles. The van der Waals surface area contributed by atoms with Gasteiger partial charge >= 0.3 is 0 Å². The zero-order valence-corrected chi connectivity index (χ0v) is 15.2. The lowest BCUT2D eigenvalue weighted by Crippen LogP contribution is -2.37. The molecule has 0 bridgehead atoms. The Kier molecular flexibility index (Phi) is 5.46. The van der Waals surface area contributed by atoms with Crippen LogP contribution in [0, 0.1) is 0 Å². The molecule has 0 N–H and O–H groups in total. The normalized spacial score (nSPS) is 18.3. The zero-order valence-electron chi connectivity index (χ0n) is 13.6. The third-order valence-electron chi connectivity index (χ3n) is 4.82. The standard InChI is InChI=1S/C18H24BrNO3/c1-20(14-6-4-2-3-5-7-14)18(21)11-13-10-16-17(12-15(13)19)23-9-8-22-16/h10,12,14H,2-9,11H2,1H3. The van der Waals surface area contributed by atoms with Crippen LogP contribution in [0.15, 0.2) is 16.6 Å². The van der Waals surface area contributed by atoms with Crippen molar-refractivity contribution >= 4 is 21.8 Å². The number of carbonyl (C=O) groups is 1. The van der Waals surface area contributed by atoms with Gasteiger partial charge in [0.25, 0.3) is 0 Å². The molecule has 1 saturated carbocycles. The van der Waals surface area contributed by atoms with Crippen molar-refractivity contribution in [2.45, 2.75) is 51.0 Å². The number of rotatable bonds is 3. The Labute approximate surface area is 146 Å². The largest absolute Gasteiger partial charge is 0.486 e. The zero-order chi connectivity index (χ0) is 16.2. The minimum atomic E-state index is 0.175. The van der Waals surface area contributed by atoms with Crippen LogP contribution in [0.25, 0.3) is 0 Å². The van der Waals surface area contributed by atoms with E-state index in [0.717, 1.165) is 34.4 Å². The molecule has 1 amide bonds. The van der Waals surface area contributed by atoms with Crippen LogP contribution in [0.3, 0.4) is 0 Å². The summed E-state index contributed by atoms with van der Waals surface area (Å²) in [6.07, 6.45) is 7.71. The van der Waals surface area contributed by atoms with Crippen LogP contribution in [0.4, 0.5) is 0 Å². The molecule has 3 rings (SSSR count). The van der Waals surface area contributed by atoms with Crippen LogP contribution >= 0.6 is 15.9 Å². The summed E-state index contributed by atoms with van der Waals surface area (Å²) in [7, 11) is 1.95. The third-order valence-corrected chi connectivity index (χ3v) is 5.56. The van der Waals surface area contributed by atoms with Crippen LogP contribution in [0.2, 0.25) is 0 Å². The smallest absolute Gasteiger partial charge is 0.227 e. The summed E-state index contributed by atoms with van der Waals surface area (Å²) in [5.41, 5.74) is 0.958. The fraction of sp³-hybridized carbons (Fsp3) is 0.611. The minimum absolute atomic E-state index is 0.175. The number of hydrogen-bond acceptors (Lipinski definition) is 3. The summed E-state index contributed by atoms with van der Waals surface area (Å²) in [5.74, 6) is 1.66. The lowest BCUT2D eigenvalue weighted by Gasteiger charge is -2.28. The van der Waals surface area contributed by atoms with E-state index in [9.17, 15) is 4.79 Å². The SMILES string of the molecule is CN(C(=O)Cc1cc2c(cc1Br)OCCO2)C1CCCCCC1. The van der Waals surface area contributed by atoms with Crippen molar-refractivity contribution in [3.05, 3.63) is 22.2 Å². The second-order valence-corrected chi connectivity index (χ2v) is 7.27. The molecule has 1 aliphatic heterocycles. The Balaban J connectivity index is 1.69. The van der Waals surface area contributed by atoms with Gasteiger partial charge in [-0.1, -0.05) is 41.6 Å². The molecule has 0 spiro atoms. The first-order valence-electron chi connectivity index (χ1n) is 8.49. The van der Waals surface area contributed by atoms with Gasteiger partial charge in [-0.15, -0.1) is 0 Å². The van der Waals surface area contributed by atoms with Crippen LogP contribution < -0.4 is 9.47 Å². The molecule has 0 unspecified atom stereocenters. The number of amides is 1. The van der Waals surface area contributed by atoms with E-state index < -0.39 is 0 Å². The summed E-state index contributed by atoms with van der Waals surface area (Å²) in [6, 6.07) is 4.22. The molecular formula is C18H24BrNO3. The first-order chi connectivity index (χ1) is 11.1. The van der Waals surface area contributed by atoms with Crippen LogP contribution in [-0.2, 0) is 11.2 Å². The number of benzene rings is 1. The first-order valence-corrected chi connectivity index (χ1v) is 9.28. The van der Waals surface area contributed by atoms with E-state index >= 15 is 0 Å². The molecule has 0 saturated heterocycles. The van der Waals surface area contributed by atoms with Crippen molar-refractivity contribution < 1.29 is 14.3 Å². The van der Waals surface area contributed by atoms with Gasteiger partial charge in [0.1, 0.15) is 13.2 Å². The Morgan fingerprint density at radius 2 is 1.74 bits per heavy atom. The highest BCUT2D eigenvalue weighted by Gasteiger charge is 2.23. The van der Waals surface area contributed by atoms with E-state index in [4.69, 9.17) is 9.47 Å². The summed E-state index contributed by atoms with van der Waals surface area (Å²) in [5, 5.41) is 0. The van der Waals surface area contributed by atoms with Crippen molar-refractivity contribution in [1.82, 2.24) is 4.90 Å². The molecule has 1 aromatic carbocycles. The van der Waals surface area contributed by atoms with Crippen molar-refractivity contribution in [1.29, 1.82) is 0 Å². The molecule has 126 valence electrons. The van der Waals surface area contributed by atoms with Gasteiger partial charge in [0, 0.05) is 17.6 Å². The van der Waals surface area contributed by atoms with Crippen molar-refractivity contribution in [2.75, 3.05) is 20.3 Å². The third kappa shape index (κ3) is 4.00. The predicted molar refractivity (Wildman–Crippen MR) is 93.1 cm³/mol. The fourth-order valence-corrected chi connectivity index (χ4v) is 3.84. The molecule has 5 heteroatoms. The quantitative estimate of drug-likeness (QED) is 0.744. The number of fused-ring (bicyclic) bond motifs is 1. The highest BCUT2D eigenvalue weighted by molar-refractivity contribution is 9.10. The van der Waals surface area contributed by atoms with Gasteiger partial charge in [-0.25, -0.2) is 0 Å². The van der Waals surface area contributed by atoms with E-state index in [0.29, 0.717) is 25.7 Å². The van der Waals surface area contributed by atoms with Gasteiger partial charge in [-0.3, -0.25) is 4.79 Å². The average Bonchev–Trinajstić information content (AvgIpc) is 2.84. The maximum atomic E-state index is 12.7. The number of likely N-dealkylation sites (N-methyl/N-ethyl adjacent to an activating group) is 1. The molecule has 0 atom stereocenters. The van der Waals surface area contributed by atoms with Gasteiger partial charge in [0.2, 0.25) is 5.91 Å². The van der Waals surface area contributed by atoms with Gasteiger partial charge < -0.3 is 14.4 Å². The van der Waals surface area contributed by atoms with E-state index in [-0.39, 0.29) is 5.91 Å². The summed E-state index contributed by atoms with van der Waals surface area (Å²) in [6.45, 7) is 1.13. The van der Waals surface area contributed by atoms with Crippen molar-refractivity contribution in [2.24, 2.45) is 0 Å². The number of carbonyl (C=O) groups excluding carboxylic acids is 1. The molecule has 23 heavy (non-hydrogen) atoms. The van der Waals surface area contributed by atoms with Crippen LogP contribution in [-0.4, -0.2) is 37.1 Å². The molecule has 1 fully saturated rings. The van der Waals surface area contributed by atoms with E-state index in [1.54, 1.807) is 0 Å². The van der Waals surface area contributed by atoms with Gasteiger partial charge in [0.05, 0.1) is 6.42 Å².